The van der Waals surface area contributed by atoms with Crippen LogP contribution in [0.3, 0.4) is 0 Å². The number of esters is 1. The van der Waals surface area contributed by atoms with E-state index in [-0.39, 0.29) is 12.4 Å². The number of thiophene rings is 1. The van der Waals surface area contributed by atoms with Gasteiger partial charge in [0.2, 0.25) is 5.78 Å². The molecule has 0 amide bonds. The summed E-state index contributed by atoms with van der Waals surface area (Å²) in [5, 5.41) is 5.76. The van der Waals surface area contributed by atoms with E-state index in [1.165, 1.54) is 11.3 Å². The highest BCUT2D eigenvalue weighted by Gasteiger charge is 2.20. The van der Waals surface area contributed by atoms with Gasteiger partial charge in [-0.15, -0.1) is 11.3 Å². The zero-order valence-electron chi connectivity index (χ0n) is 13.5. The number of carbonyl (C=O) groups is 2. The lowest BCUT2D eigenvalue weighted by Gasteiger charge is -2.05. The Morgan fingerprint density at radius 2 is 2.08 bits per heavy atom. The van der Waals surface area contributed by atoms with Crippen LogP contribution >= 0.6 is 11.3 Å². The van der Waals surface area contributed by atoms with Crippen LogP contribution in [0.1, 0.15) is 37.2 Å². The molecule has 0 aliphatic heterocycles. The van der Waals surface area contributed by atoms with E-state index in [4.69, 9.17) is 9.26 Å². The number of ether oxygens (including phenoxy) is 1. The van der Waals surface area contributed by atoms with E-state index in [2.05, 4.69) is 5.16 Å². The monoisotopic (exact) mass is 344 g/mol. The second-order valence-corrected chi connectivity index (χ2v) is 6.34. The lowest BCUT2D eigenvalue weighted by atomic mass is 10.1. The minimum absolute atomic E-state index is 0.250. The summed E-state index contributed by atoms with van der Waals surface area (Å²) in [6, 6.07) is 6.98. The molecule has 0 fully saturated rings. The van der Waals surface area contributed by atoms with Crippen molar-refractivity contribution in [2.45, 2.75) is 20.8 Å². The van der Waals surface area contributed by atoms with Gasteiger partial charge in [0.1, 0.15) is 10.6 Å². The fourth-order valence-corrected chi connectivity index (χ4v) is 3.15. The standard InChI is InChI=1S/C17H16N2O4S/c1-10-7-13(12(3)19(10)16-8-11(2)23-18-16)14(20)9-22-17(21)15-5-4-6-24-15/h4-8H,9H2,1-3H3. The number of hydrogen-bond acceptors (Lipinski definition) is 6. The Bertz CT molecular complexity index is 890. The van der Waals surface area contributed by atoms with Crippen molar-refractivity contribution in [1.82, 2.24) is 9.72 Å². The van der Waals surface area contributed by atoms with Gasteiger partial charge in [-0.05, 0) is 38.3 Å². The Morgan fingerprint density at radius 1 is 1.29 bits per heavy atom. The lowest BCUT2D eigenvalue weighted by Crippen LogP contribution is -2.14. The van der Waals surface area contributed by atoms with Crippen molar-refractivity contribution in [3.8, 4) is 5.82 Å². The summed E-state index contributed by atoms with van der Waals surface area (Å²) in [7, 11) is 0. The Labute approximate surface area is 142 Å². The fraction of sp³-hybridized carbons (Fsp3) is 0.235. The predicted molar refractivity (Wildman–Crippen MR) is 89.0 cm³/mol. The van der Waals surface area contributed by atoms with Gasteiger partial charge in [0.15, 0.2) is 12.4 Å². The summed E-state index contributed by atoms with van der Waals surface area (Å²) in [5.41, 5.74) is 2.10. The maximum absolute atomic E-state index is 12.4. The molecule has 0 spiro atoms. The Hall–Kier alpha value is -2.67. The summed E-state index contributed by atoms with van der Waals surface area (Å²) in [4.78, 5) is 24.7. The third-order valence-corrected chi connectivity index (χ3v) is 4.48. The molecule has 24 heavy (non-hydrogen) atoms. The van der Waals surface area contributed by atoms with Gasteiger partial charge in [-0.3, -0.25) is 9.36 Å². The van der Waals surface area contributed by atoms with Crippen molar-refractivity contribution in [2.75, 3.05) is 6.61 Å². The molecule has 124 valence electrons. The first-order chi connectivity index (χ1) is 11.5. The highest BCUT2D eigenvalue weighted by molar-refractivity contribution is 7.11. The van der Waals surface area contributed by atoms with Crippen LogP contribution in [0.25, 0.3) is 5.82 Å². The predicted octanol–water partition coefficient (Wildman–Crippen LogP) is 3.49. The zero-order valence-corrected chi connectivity index (χ0v) is 14.3. The largest absolute Gasteiger partial charge is 0.453 e. The molecule has 0 aliphatic rings. The normalized spacial score (nSPS) is 10.8. The summed E-state index contributed by atoms with van der Waals surface area (Å²) in [6.07, 6.45) is 0. The molecule has 0 aromatic carbocycles. The molecule has 0 saturated heterocycles. The number of Topliss-reactive ketones (excluding diaryl/α,β-unsaturated/α-hetero) is 1. The molecule has 0 atom stereocenters. The molecule has 3 aromatic heterocycles. The van der Waals surface area contributed by atoms with Gasteiger partial charge in [0.25, 0.3) is 0 Å². The molecule has 0 aliphatic carbocycles. The molecule has 3 heterocycles. The van der Waals surface area contributed by atoms with Crippen LogP contribution in [0, 0.1) is 20.8 Å². The number of hydrogen-bond donors (Lipinski definition) is 0. The Morgan fingerprint density at radius 3 is 2.71 bits per heavy atom. The Kier molecular flexibility index (Phi) is 4.35. The van der Waals surface area contributed by atoms with Crippen LogP contribution in [0.2, 0.25) is 0 Å². The third-order valence-electron chi connectivity index (χ3n) is 3.63. The van der Waals surface area contributed by atoms with Crippen LogP contribution in [-0.2, 0) is 4.74 Å². The van der Waals surface area contributed by atoms with Crippen molar-refractivity contribution < 1.29 is 18.8 Å². The van der Waals surface area contributed by atoms with Gasteiger partial charge >= 0.3 is 5.97 Å². The quantitative estimate of drug-likeness (QED) is 0.523. The van der Waals surface area contributed by atoms with E-state index in [1.807, 2.05) is 18.4 Å². The van der Waals surface area contributed by atoms with Gasteiger partial charge in [0.05, 0.1) is 0 Å². The number of aromatic nitrogens is 2. The molecule has 0 saturated carbocycles. The van der Waals surface area contributed by atoms with Crippen LogP contribution in [0.15, 0.2) is 34.2 Å². The fourth-order valence-electron chi connectivity index (χ4n) is 2.53. The first kappa shape index (κ1) is 16.2. The molecule has 3 aromatic rings. The summed E-state index contributed by atoms with van der Waals surface area (Å²) in [6.45, 7) is 5.22. The van der Waals surface area contributed by atoms with Crippen molar-refractivity contribution in [3.63, 3.8) is 0 Å². The van der Waals surface area contributed by atoms with Crippen LogP contribution < -0.4 is 0 Å². The number of carbonyl (C=O) groups excluding carboxylic acids is 2. The number of ketones is 1. The average molecular weight is 344 g/mol. The van der Waals surface area contributed by atoms with Crippen LogP contribution in [0.5, 0.6) is 0 Å². The van der Waals surface area contributed by atoms with Gasteiger partial charge < -0.3 is 9.26 Å². The summed E-state index contributed by atoms with van der Waals surface area (Å²) < 4.78 is 12.0. The summed E-state index contributed by atoms with van der Waals surface area (Å²) >= 11 is 1.28. The molecule has 3 rings (SSSR count). The molecule has 0 bridgehead atoms. The Balaban J connectivity index is 1.77. The number of rotatable bonds is 5. The molecule has 7 heteroatoms. The SMILES string of the molecule is Cc1cc(-n2c(C)cc(C(=O)COC(=O)c3cccs3)c2C)no1. The average Bonchev–Trinajstić information content (AvgIpc) is 3.26. The second kappa shape index (κ2) is 6.45. The van der Waals surface area contributed by atoms with Gasteiger partial charge in [-0.2, -0.15) is 0 Å². The van der Waals surface area contributed by atoms with Gasteiger partial charge in [0, 0.05) is 23.0 Å². The number of aryl methyl sites for hydroxylation is 2. The van der Waals surface area contributed by atoms with Crippen molar-refractivity contribution in [3.05, 3.63) is 57.2 Å². The zero-order chi connectivity index (χ0) is 17.3. The van der Waals surface area contributed by atoms with E-state index in [0.29, 0.717) is 22.0 Å². The van der Waals surface area contributed by atoms with E-state index in [9.17, 15) is 9.59 Å². The maximum atomic E-state index is 12.4. The second-order valence-electron chi connectivity index (χ2n) is 5.39. The van der Waals surface area contributed by atoms with Crippen molar-refractivity contribution in [2.24, 2.45) is 0 Å². The molecule has 0 radical (unpaired) electrons. The minimum atomic E-state index is -0.487. The van der Waals surface area contributed by atoms with Crippen LogP contribution in [0.4, 0.5) is 0 Å². The van der Waals surface area contributed by atoms with Crippen molar-refractivity contribution in [1.29, 1.82) is 0 Å². The van der Waals surface area contributed by atoms with Crippen LogP contribution in [-0.4, -0.2) is 28.1 Å². The first-order valence-corrected chi connectivity index (χ1v) is 8.22. The smallest absolute Gasteiger partial charge is 0.348 e. The van der Waals surface area contributed by atoms with Gasteiger partial charge in [-0.25, -0.2) is 4.79 Å². The highest BCUT2D eigenvalue weighted by atomic mass is 32.1. The first-order valence-electron chi connectivity index (χ1n) is 7.34. The number of nitrogens with zero attached hydrogens (tertiary/aromatic N) is 2. The van der Waals surface area contributed by atoms with E-state index < -0.39 is 5.97 Å². The summed E-state index contributed by atoms with van der Waals surface area (Å²) in [5.74, 6) is 0.575. The minimum Gasteiger partial charge on any atom is -0.453 e. The molecule has 0 N–H and O–H groups in total. The van der Waals surface area contributed by atoms with Gasteiger partial charge in [-0.1, -0.05) is 11.2 Å². The van der Waals surface area contributed by atoms with E-state index in [1.54, 1.807) is 36.6 Å². The topological polar surface area (TPSA) is 74.3 Å². The van der Waals surface area contributed by atoms with E-state index >= 15 is 0 Å². The van der Waals surface area contributed by atoms with E-state index in [0.717, 1.165) is 11.4 Å². The van der Waals surface area contributed by atoms with Crippen molar-refractivity contribution >= 4 is 23.1 Å². The molecular weight excluding hydrogens is 328 g/mol. The lowest BCUT2D eigenvalue weighted by molar-refractivity contribution is 0.0479. The maximum Gasteiger partial charge on any atom is 0.348 e. The highest BCUT2D eigenvalue weighted by Crippen LogP contribution is 2.21. The third kappa shape index (κ3) is 3.03. The molecule has 6 nitrogen and oxygen atoms in total. The molecule has 0 unspecified atom stereocenters. The molecular formula is C17H16N2O4S.